The number of nitrogens with one attached hydrogen (secondary N) is 1. The molecule has 2 aromatic heterocycles. The number of hydrogen-bond acceptors (Lipinski definition) is 6. The Morgan fingerprint density at radius 3 is 2.03 bits per heavy atom. The highest BCUT2D eigenvalue weighted by Crippen LogP contribution is 2.22. The third-order valence-electron chi connectivity index (χ3n) is 5.13. The zero-order valence-corrected chi connectivity index (χ0v) is 19.5. The molecular formula is C22H25N3O3S3. The normalized spacial score (nSPS) is 14.9. The number of nitrogens with zero attached hydrogens (tertiary/aromatic N) is 2. The van der Waals surface area contributed by atoms with E-state index in [1.807, 2.05) is 22.9 Å². The van der Waals surface area contributed by atoms with E-state index < -0.39 is 10.0 Å². The van der Waals surface area contributed by atoms with Gasteiger partial charge in [-0.3, -0.25) is 9.69 Å². The smallest absolute Gasteiger partial charge is 0.243 e. The Balaban J connectivity index is 1.39. The van der Waals surface area contributed by atoms with Crippen LogP contribution in [0.3, 0.4) is 0 Å². The van der Waals surface area contributed by atoms with Crippen LogP contribution in [0.2, 0.25) is 0 Å². The van der Waals surface area contributed by atoms with Gasteiger partial charge in [0.2, 0.25) is 15.9 Å². The summed E-state index contributed by atoms with van der Waals surface area (Å²) in [6.07, 6.45) is 1.81. The van der Waals surface area contributed by atoms with E-state index in [2.05, 4.69) is 22.3 Å². The first-order valence-electron chi connectivity index (χ1n) is 10.2. The molecule has 9 heteroatoms. The highest BCUT2D eigenvalue weighted by Gasteiger charge is 2.27. The lowest BCUT2D eigenvalue weighted by Gasteiger charge is -2.20. The second-order valence-electron chi connectivity index (χ2n) is 7.49. The van der Waals surface area contributed by atoms with Crippen LogP contribution in [0.15, 0.2) is 64.2 Å². The Labute approximate surface area is 191 Å². The van der Waals surface area contributed by atoms with Crippen LogP contribution in [-0.4, -0.2) is 43.2 Å². The number of hydrogen-bond donors (Lipinski definition) is 1. The lowest BCUT2D eigenvalue weighted by molar-refractivity contribution is -0.117. The minimum atomic E-state index is -3.45. The molecule has 1 aromatic carbocycles. The topological polar surface area (TPSA) is 69.7 Å². The number of sulfonamides is 1. The first-order chi connectivity index (χ1) is 15.0. The molecule has 4 rings (SSSR count). The van der Waals surface area contributed by atoms with Crippen LogP contribution in [0, 0.1) is 0 Å². The van der Waals surface area contributed by atoms with E-state index in [1.165, 1.54) is 14.1 Å². The van der Waals surface area contributed by atoms with Gasteiger partial charge in [-0.05, 0) is 60.0 Å². The molecule has 0 bridgehead atoms. The van der Waals surface area contributed by atoms with Gasteiger partial charge in [0.25, 0.3) is 0 Å². The van der Waals surface area contributed by atoms with Crippen molar-refractivity contribution >= 4 is 44.3 Å². The van der Waals surface area contributed by atoms with Crippen molar-refractivity contribution in [1.82, 2.24) is 9.21 Å². The van der Waals surface area contributed by atoms with E-state index in [0.29, 0.717) is 31.9 Å². The quantitative estimate of drug-likeness (QED) is 0.503. The summed E-state index contributed by atoms with van der Waals surface area (Å²) in [6.45, 7) is 2.81. The van der Waals surface area contributed by atoms with E-state index in [0.717, 1.165) is 12.8 Å². The molecule has 0 radical (unpaired) electrons. The summed E-state index contributed by atoms with van der Waals surface area (Å²) in [7, 11) is -3.45. The third kappa shape index (κ3) is 5.81. The SMILES string of the molecule is O=C(CN(Cc1cccs1)Cc1cccs1)Nc1ccc(S(=O)(=O)N2CCCC2)cc1. The largest absolute Gasteiger partial charge is 0.325 e. The fraction of sp³-hybridized carbons (Fsp3) is 0.318. The monoisotopic (exact) mass is 475 g/mol. The summed E-state index contributed by atoms with van der Waals surface area (Å²) in [5.41, 5.74) is 0.595. The van der Waals surface area contributed by atoms with Gasteiger partial charge in [-0.1, -0.05) is 12.1 Å². The first kappa shape index (κ1) is 22.2. The zero-order valence-electron chi connectivity index (χ0n) is 17.1. The number of benzene rings is 1. The molecule has 1 saturated heterocycles. The molecule has 0 aliphatic carbocycles. The van der Waals surface area contributed by atoms with Crippen molar-refractivity contribution in [3.8, 4) is 0 Å². The number of carbonyl (C=O) groups excluding carboxylic acids is 1. The van der Waals surface area contributed by atoms with Crippen molar-refractivity contribution in [2.45, 2.75) is 30.8 Å². The maximum Gasteiger partial charge on any atom is 0.243 e. The van der Waals surface area contributed by atoms with Gasteiger partial charge in [-0.15, -0.1) is 22.7 Å². The van der Waals surface area contributed by atoms with Crippen LogP contribution < -0.4 is 5.32 Å². The summed E-state index contributed by atoms with van der Waals surface area (Å²) in [4.78, 5) is 17.5. The van der Waals surface area contributed by atoms with Crippen molar-refractivity contribution in [2.75, 3.05) is 25.0 Å². The van der Waals surface area contributed by atoms with Crippen LogP contribution >= 0.6 is 22.7 Å². The van der Waals surface area contributed by atoms with Crippen LogP contribution in [0.4, 0.5) is 5.69 Å². The molecule has 3 aromatic rings. The molecule has 6 nitrogen and oxygen atoms in total. The Hall–Kier alpha value is -2.04. The van der Waals surface area contributed by atoms with Crippen LogP contribution in [0.25, 0.3) is 0 Å². The second kappa shape index (κ2) is 10.1. The maximum atomic E-state index is 12.7. The lowest BCUT2D eigenvalue weighted by atomic mass is 10.3. The third-order valence-corrected chi connectivity index (χ3v) is 8.76. The van der Waals surface area contributed by atoms with Crippen LogP contribution in [-0.2, 0) is 27.9 Å². The summed E-state index contributed by atoms with van der Waals surface area (Å²) < 4.78 is 26.8. The molecule has 3 heterocycles. The molecule has 164 valence electrons. The van der Waals surface area contributed by atoms with Crippen LogP contribution in [0.5, 0.6) is 0 Å². The Morgan fingerprint density at radius 1 is 0.935 bits per heavy atom. The average Bonchev–Trinajstić information content (AvgIpc) is 3.52. The highest BCUT2D eigenvalue weighted by atomic mass is 32.2. The van der Waals surface area contributed by atoms with Crippen molar-refractivity contribution in [3.05, 3.63) is 69.0 Å². The van der Waals surface area contributed by atoms with Crippen molar-refractivity contribution in [3.63, 3.8) is 0 Å². The first-order valence-corrected chi connectivity index (χ1v) is 13.4. The molecule has 31 heavy (non-hydrogen) atoms. The van der Waals surface area contributed by atoms with E-state index in [-0.39, 0.29) is 17.3 Å². The summed E-state index contributed by atoms with van der Waals surface area (Å²) >= 11 is 3.36. The molecule has 1 aliphatic heterocycles. The van der Waals surface area contributed by atoms with Gasteiger partial charge in [0.05, 0.1) is 11.4 Å². The number of carbonyl (C=O) groups is 1. The predicted molar refractivity (Wildman–Crippen MR) is 126 cm³/mol. The van der Waals surface area contributed by atoms with Gasteiger partial charge in [0, 0.05) is 41.6 Å². The minimum absolute atomic E-state index is 0.122. The number of rotatable bonds is 9. The molecule has 0 unspecified atom stereocenters. The predicted octanol–water partition coefficient (Wildman–Crippen LogP) is 4.24. The lowest BCUT2D eigenvalue weighted by Crippen LogP contribution is -2.32. The van der Waals surface area contributed by atoms with Crippen molar-refractivity contribution in [1.29, 1.82) is 0 Å². The Kier molecular flexibility index (Phi) is 7.19. The molecule has 1 aliphatic rings. The molecule has 0 atom stereocenters. The summed E-state index contributed by atoms with van der Waals surface area (Å²) in [6, 6.07) is 14.6. The maximum absolute atomic E-state index is 12.7. The van der Waals surface area contributed by atoms with E-state index in [1.54, 1.807) is 46.9 Å². The second-order valence-corrected chi connectivity index (χ2v) is 11.5. The average molecular weight is 476 g/mol. The van der Waals surface area contributed by atoms with Gasteiger partial charge in [-0.2, -0.15) is 4.31 Å². The zero-order chi connectivity index (χ0) is 21.7. The van der Waals surface area contributed by atoms with E-state index in [9.17, 15) is 13.2 Å². The molecule has 0 spiro atoms. The molecule has 1 N–H and O–H groups in total. The minimum Gasteiger partial charge on any atom is -0.325 e. The van der Waals surface area contributed by atoms with Crippen LogP contribution in [0.1, 0.15) is 22.6 Å². The standard InChI is InChI=1S/C22H25N3O3S3/c26-22(17-24(15-19-5-3-13-29-19)16-20-6-4-14-30-20)23-18-7-9-21(10-8-18)31(27,28)25-11-1-2-12-25/h3-10,13-14H,1-2,11-12,15-17H2,(H,23,26). The van der Waals surface area contributed by atoms with Crippen molar-refractivity contribution in [2.24, 2.45) is 0 Å². The number of amides is 1. The van der Waals surface area contributed by atoms with Gasteiger partial charge >= 0.3 is 0 Å². The van der Waals surface area contributed by atoms with Gasteiger partial charge in [0.15, 0.2) is 0 Å². The molecular weight excluding hydrogens is 450 g/mol. The van der Waals surface area contributed by atoms with Gasteiger partial charge in [-0.25, -0.2) is 8.42 Å². The summed E-state index contributed by atoms with van der Waals surface area (Å²) in [5.74, 6) is -0.122. The molecule has 1 amide bonds. The number of anilines is 1. The number of thiophene rings is 2. The van der Waals surface area contributed by atoms with E-state index >= 15 is 0 Å². The molecule has 0 saturated carbocycles. The Bertz CT molecular complexity index is 1040. The fourth-order valence-electron chi connectivity index (χ4n) is 3.60. The van der Waals surface area contributed by atoms with Gasteiger partial charge in [0.1, 0.15) is 0 Å². The molecule has 1 fully saturated rings. The highest BCUT2D eigenvalue weighted by molar-refractivity contribution is 7.89. The fourth-order valence-corrected chi connectivity index (χ4v) is 6.61. The van der Waals surface area contributed by atoms with Crippen molar-refractivity contribution < 1.29 is 13.2 Å². The Morgan fingerprint density at radius 2 is 1.52 bits per heavy atom. The van der Waals surface area contributed by atoms with E-state index in [4.69, 9.17) is 0 Å². The van der Waals surface area contributed by atoms with Gasteiger partial charge < -0.3 is 5.32 Å². The summed E-state index contributed by atoms with van der Waals surface area (Å²) in [5, 5.41) is 6.97.